The first-order valence-corrected chi connectivity index (χ1v) is 14.7. The lowest BCUT2D eigenvalue weighted by Gasteiger charge is -2.34. The van der Waals surface area contributed by atoms with Crippen LogP contribution in [0.15, 0.2) is 41.4 Å². The van der Waals surface area contributed by atoms with E-state index in [9.17, 15) is 31.2 Å². The third-order valence-electron chi connectivity index (χ3n) is 7.02. The standard InChI is InChI=1S/C26H32F3N5O4S/c1-39(37,38)21-14-22(33-25(36)18-4-2-5-19(13-18)26(27,28)29)24(31-16-21)34-10-7-17(8-11-34)12-23(35)32-20-6-3-9-30-15-20/h2,4-5,13-14,16-17,20,30H,3,6-12,15H2,1H3,(H,32,35)(H,33,36)/t20-/m0/s1. The molecule has 1 aromatic heterocycles. The van der Waals surface area contributed by atoms with Crippen LogP contribution in [-0.2, 0) is 20.8 Å². The van der Waals surface area contributed by atoms with Crippen molar-refractivity contribution in [3.63, 3.8) is 0 Å². The maximum atomic E-state index is 13.1. The molecule has 3 N–H and O–H groups in total. The molecule has 0 saturated carbocycles. The number of rotatable bonds is 7. The summed E-state index contributed by atoms with van der Waals surface area (Å²) in [7, 11) is -3.66. The third-order valence-corrected chi connectivity index (χ3v) is 8.10. The van der Waals surface area contributed by atoms with Gasteiger partial charge in [0, 0.05) is 50.1 Å². The molecule has 2 saturated heterocycles. The number of piperidine rings is 2. The fraction of sp³-hybridized carbons (Fsp3) is 0.500. The summed E-state index contributed by atoms with van der Waals surface area (Å²) in [5.41, 5.74) is -1.11. The summed E-state index contributed by atoms with van der Waals surface area (Å²) < 4.78 is 63.7. The number of halogens is 3. The first kappa shape index (κ1) is 28.8. The van der Waals surface area contributed by atoms with E-state index >= 15 is 0 Å². The summed E-state index contributed by atoms with van der Waals surface area (Å²) in [4.78, 5) is 31.5. The van der Waals surface area contributed by atoms with Gasteiger partial charge in [-0.2, -0.15) is 13.2 Å². The van der Waals surface area contributed by atoms with E-state index in [2.05, 4.69) is 20.9 Å². The van der Waals surface area contributed by atoms with Gasteiger partial charge in [0.1, 0.15) is 0 Å². The molecular weight excluding hydrogens is 535 g/mol. The molecule has 4 rings (SSSR count). The van der Waals surface area contributed by atoms with Gasteiger partial charge >= 0.3 is 6.18 Å². The lowest BCUT2D eigenvalue weighted by atomic mass is 9.93. The number of benzene rings is 1. The molecule has 212 valence electrons. The molecule has 0 radical (unpaired) electrons. The van der Waals surface area contributed by atoms with Gasteiger partial charge in [0.2, 0.25) is 5.91 Å². The Kier molecular flexibility index (Phi) is 8.80. The molecule has 13 heteroatoms. The Morgan fingerprint density at radius 1 is 1.15 bits per heavy atom. The van der Waals surface area contributed by atoms with Gasteiger partial charge in [-0.3, -0.25) is 9.59 Å². The molecule has 1 aromatic carbocycles. The van der Waals surface area contributed by atoms with Crippen molar-refractivity contribution in [2.24, 2.45) is 5.92 Å². The normalized spacial score (nSPS) is 19.0. The van der Waals surface area contributed by atoms with Crippen LogP contribution in [-0.4, -0.2) is 63.7 Å². The van der Waals surface area contributed by atoms with Crippen molar-refractivity contribution in [2.45, 2.75) is 49.2 Å². The molecule has 2 aromatic rings. The number of carbonyl (C=O) groups is 2. The molecule has 2 aliphatic heterocycles. The van der Waals surface area contributed by atoms with E-state index in [1.165, 1.54) is 18.3 Å². The zero-order chi connectivity index (χ0) is 28.2. The van der Waals surface area contributed by atoms with E-state index in [1.807, 2.05) is 4.90 Å². The molecule has 39 heavy (non-hydrogen) atoms. The zero-order valence-electron chi connectivity index (χ0n) is 21.6. The molecule has 9 nitrogen and oxygen atoms in total. The molecular formula is C26H32F3N5O4S. The second kappa shape index (κ2) is 11.9. The smallest absolute Gasteiger partial charge is 0.355 e. The average molecular weight is 568 g/mol. The fourth-order valence-corrected chi connectivity index (χ4v) is 5.47. The quantitative estimate of drug-likeness (QED) is 0.470. The van der Waals surface area contributed by atoms with Crippen molar-refractivity contribution in [2.75, 3.05) is 42.7 Å². The highest BCUT2D eigenvalue weighted by atomic mass is 32.2. The Labute approximate surface area is 225 Å². The Bertz CT molecular complexity index is 1300. The number of carbonyl (C=O) groups excluding carboxylic acids is 2. The van der Waals surface area contributed by atoms with Crippen LogP contribution in [0.1, 0.15) is 48.0 Å². The van der Waals surface area contributed by atoms with Gasteiger partial charge in [0.15, 0.2) is 15.7 Å². The van der Waals surface area contributed by atoms with Crippen LogP contribution >= 0.6 is 0 Å². The summed E-state index contributed by atoms with van der Waals surface area (Å²) in [6.07, 6.45) is 1.35. The number of nitrogens with zero attached hydrogens (tertiary/aromatic N) is 2. The number of hydrogen-bond acceptors (Lipinski definition) is 7. The molecule has 3 heterocycles. The molecule has 0 unspecified atom stereocenters. The minimum atomic E-state index is -4.62. The van der Waals surface area contributed by atoms with E-state index in [4.69, 9.17) is 0 Å². The molecule has 0 aliphatic carbocycles. The topological polar surface area (TPSA) is 120 Å². The minimum absolute atomic E-state index is 0.0202. The van der Waals surface area contributed by atoms with Crippen LogP contribution in [0.25, 0.3) is 0 Å². The number of pyridine rings is 1. The Hall–Kier alpha value is -3.19. The van der Waals surface area contributed by atoms with E-state index < -0.39 is 27.5 Å². The fourth-order valence-electron chi connectivity index (χ4n) is 4.89. The average Bonchev–Trinajstić information content (AvgIpc) is 2.89. The van der Waals surface area contributed by atoms with E-state index in [0.29, 0.717) is 38.2 Å². The van der Waals surface area contributed by atoms with Gasteiger partial charge in [0.05, 0.1) is 16.1 Å². The van der Waals surface area contributed by atoms with Gasteiger partial charge in [0.25, 0.3) is 5.91 Å². The summed E-state index contributed by atoms with van der Waals surface area (Å²) in [6, 6.07) is 5.40. The van der Waals surface area contributed by atoms with E-state index in [1.54, 1.807) is 0 Å². The molecule has 2 amide bonds. The van der Waals surface area contributed by atoms with Gasteiger partial charge < -0.3 is 20.9 Å². The molecule has 2 fully saturated rings. The Balaban J connectivity index is 1.46. The maximum absolute atomic E-state index is 13.1. The predicted molar refractivity (Wildman–Crippen MR) is 140 cm³/mol. The van der Waals surface area contributed by atoms with Crippen LogP contribution in [0.4, 0.5) is 24.7 Å². The molecule has 2 aliphatic rings. The Morgan fingerprint density at radius 3 is 2.54 bits per heavy atom. The second-order valence-corrected chi connectivity index (χ2v) is 12.1. The molecule has 1 atom stereocenters. The first-order chi connectivity index (χ1) is 18.4. The maximum Gasteiger partial charge on any atom is 0.416 e. The largest absolute Gasteiger partial charge is 0.416 e. The van der Waals surface area contributed by atoms with Crippen molar-refractivity contribution < 1.29 is 31.2 Å². The number of alkyl halides is 3. The van der Waals surface area contributed by atoms with Crippen LogP contribution in [0.2, 0.25) is 0 Å². The number of hydrogen-bond donors (Lipinski definition) is 3. The van der Waals surface area contributed by atoms with Crippen LogP contribution in [0, 0.1) is 5.92 Å². The van der Waals surface area contributed by atoms with Gasteiger partial charge in [-0.1, -0.05) is 6.07 Å². The molecule has 0 bridgehead atoms. The number of aromatic nitrogens is 1. The van der Waals surface area contributed by atoms with Gasteiger partial charge in [-0.25, -0.2) is 13.4 Å². The highest BCUT2D eigenvalue weighted by Gasteiger charge is 2.31. The second-order valence-electron chi connectivity index (χ2n) is 10.1. The highest BCUT2D eigenvalue weighted by molar-refractivity contribution is 7.90. The number of nitrogens with one attached hydrogen (secondary N) is 3. The van der Waals surface area contributed by atoms with Gasteiger partial charge in [-0.05, 0) is 62.4 Å². The monoisotopic (exact) mass is 567 g/mol. The highest BCUT2D eigenvalue weighted by Crippen LogP contribution is 2.32. The first-order valence-electron chi connectivity index (χ1n) is 12.8. The van der Waals surface area contributed by atoms with Crippen molar-refractivity contribution in [1.29, 1.82) is 0 Å². The van der Waals surface area contributed by atoms with Crippen LogP contribution in [0.5, 0.6) is 0 Å². The lowest BCUT2D eigenvalue weighted by molar-refractivity contribution is -0.137. The van der Waals surface area contributed by atoms with Crippen LogP contribution in [0.3, 0.4) is 0 Å². The predicted octanol–water partition coefficient (Wildman–Crippen LogP) is 3.23. The summed E-state index contributed by atoms with van der Waals surface area (Å²) in [5, 5.41) is 8.92. The van der Waals surface area contributed by atoms with Crippen LogP contribution < -0.4 is 20.9 Å². The molecule has 0 spiro atoms. The number of sulfone groups is 1. The Morgan fingerprint density at radius 2 is 1.90 bits per heavy atom. The van der Waals surface area contributed by atoms with Gasteiger partial charge in [-0.15, -0.1) is 0 Å². The summed E-state index contributed by atoms with van der Waals surface area (Å²) >= 11 is 0. The number of anilines is 2. The lowest BCUT2D eigenvalue weighted by Crippen LogP contribution is -2.46. The number of amides is 2. The van der Waals surface area contributed by atoms with E-state index in [0.717, 1.165) is 50.4 Å². The van der Waals surface area contributed by atoms with Crippen molar-refractivity contribution in [1.82, 2.24) is 15.6 Å². The van der Waals surface area contributed by atoms with Crippen molar-refractivity contribution >= 4 is 33.2 Å². The summed E-state index contributed by atoms with van der Waals surface area (Å²) in [6.45, 7) is 2.77. The minimum Gasteiger partial charge on any atom is -0.355 e. The van der Waals surface area contributed by atoms with Crippen molar-refractivity contribution in [3.05, 3.63) is 47.7 Å². The SMILES string of the molecule is CS(=O)(=O)c1cnc(N2CCC(CC(=O)N[C@H]3CCCNC3)CC2)c(NC(=O)c2cccc(C(F)(F)F)c2)c1. The summed E-state index contributed by atoms with van der Waals surface area (Å²) in [5.74, 6) is -0.319. The van der Waals surface area contributed by atoms with E-state index in [-0.39, 0.29) is 34.0 Å². The third kappa shape index (κ3) is 7.69. The van der Waals surface area contributed by atoms with Crippen molar-refractivity contribution in [3.8, 4) is 0 Å². The zero-order valence-corrected chi connectivity index (χ0v) is 22.4.